The predicted molar refractivity (Wildman–Crippen MR) is 130 cm³/mol. The molecule has 0 saturated heterocycles. The van der Waals surface area contributed by atoms with Gasteiger partial charge < -0.3 is 0 Å². The number of halogens is 1. The fraction of sp³-hybridized carbons (Fsp3) is 0. The Morgan fingerprint density at radius 3 is 2.24 bits per heavy atom. The first-order valence-corrected chi connectivity index (χ1v) is 11.4. The average Bonchev–Trinajstić information content (AvgIpc) is 3.56. The molecule has 0 saturated carbocycles. The molecule has 0 bridgehead atoms. The summed E-state index contributed by atoms with van der Waals surface area (Å²) in [6.45, 7) is 0. The number of thiazole rings is 1. The number of fused-ring (bicyclic) bond motifs is 1. The Hall–Kier alpha value is -4.43. The van der Waals surface area contributed by atoms with Gasteiger partial charge in [-0.15, -0.1) is 5.10 Å². The Labute approximate surface area is 196 Å². The molecule has 0 atom stereocenters. The fourth-order valence-corrected chi connectivity index (χ4v) is 4.62. The van der Waals surface area contributed by atoms with Crippen LogP contribution in [0.25, 0.3) is 39.4 Å². The third-order valence-electron chi connectivity index (χ3n) is 5.38. The molecule has 0 aliphatic rings. The van der Waals surface area contributed by atoms with E-state index < -0.39 is 0 Å². The van der Waals surface area contributed by atoms with Crippen molar-refractivity contribution >= 4 is 22.4 Å². The van der Waals surface area contributed by atoms with Crippen LogP contribution in [-0.2, 0) is 0 Å². The zero-order valence-electron chi connectivity index (χ0n) is 17.7. The maximum absolute atomic E-state index is 13.2. The molecule has 8 heteroatoms. The summed E-state index contributed by atoms with van der Waals surface area (Å²) in [5.74, 6) is 0.0493. The van der Waals surface area contributed by atoms with Gasteiger partial charge in [0.2, 0.25) is 4.96 Å². The summed E-state index contributed by atoms with van der Waals surface area (Å²) in [4.78, 5) is 18.1. The van der Waals surface area contributed by atoms with E-state index in [4.69, 9.17) is 5.10 Å². The number of hydrogen-bond acceptors (Lipinski definition) is 5. The molecule has 3 aromatic heterocycles. The summed E-state index contributed by atoms with van der Waals surface area (Å²) in [6, 6.07) is 25.5. The van der Waals surface area contributed by atoms with E-state index in [1.165, 1.54) is 28.0 Å². The summed E-state index contributed by atoms with van der Waals surface area (Å²) in [6.07, 6.45) is 3.74. The minimum Gasteiger partial charge on any atom is -0.266 e. The summed E-state index contributed by atoms with van der Waals surface area (Å²) in [5, 5.41) is 9.15. The highest BCUT2D eigenvalue weighted by Crippen LogP contribution is 2.24. The van der Waals surface area contributed by atoms with Crippen molar-refractivity contribution in [1.82, 2.24) is 24.4 Å². The van der Waals surface area contributed by atoms with E-state index in [-0.39, 0.29) is 11.4 Å². The quantitative estimate of drug-likeness (QED) is 0.388. The second-order valence-corrected chi connectivity index (χ2v) is 8.64. The molecule has 34 heavy (non-hydrogen) atoms. The largest absolute Gasteiger partial charge is 0.291 e. The van der Waals surface area contributed by atoms with Gasteiger partial charge in [0.05, 0.1) is 15.9 Å². The summed E-state index contributed by atoms with van der Waals surface area (Å²) in [7, 11) is 0. The van der Waals surface area contributed by atoms with Crippen LogP contribution in [0.2, 0.25) is 0 Å². The van der Waals surface area contributed by atoms with Crippen LogP contribution in [0.3, 0.4) is 0 Å². The first kappa shape index (κ1) is 20.2. The Balaban J connectivity index is 1.48. The summed E-state index contributed by atoms with van der Waals surface area (Å²) in [5.41, 5.74) is 3.86. The van der Waals surface area contributed by atoms with Crippen LogP contribution in [0.5, 0.6) is 0 Å². The Bertz CT molecular complexity index is 1720. The van der Waals surface area contributed by atoms with Gasteiger partial charge in [0.15, 0.2) is 5.82 Å². The number of aromatic nitrogens is 5. The van der Waals surface area contributed by atoms with Crippen LogP contribution in [0.15, 0.2) is 95.9 Å². The zero-order chi connectivity index (χ0) is 23.1. The number of rotatable bonds is 4. The van der Waals surface area contributed by atoms with Gasteiger partial charge in [-0.1, -0.05) is 59.9 Å². The average molecular weight is 466 g/mol. The lowest BCUT2D eigenvalue weighted by molar-refractivity contribution is 0.628. The fourth-order valence-electron chi connectivity index (χ4n) is 3.72. The van der Waals surface area contributed by atoms with E-state index in [0.29, 0.717) is 20.9 Å². The second-order valence-electron chi connectivity index (χ2n) is 7.63. The van der Waals surface area contributed by atoms with Crippen LogP contribution < -0.4 is 10.1 Å². The Kier molecular flexibility index (Phi) is 4.85. The smallest absolute Gasteiger partial charge is 0.266 e. The molecule has 164 valence electrons. The molecule has 0 radical (unpaired) electrons. The van der Waals surface area contributed by atoms with Crippen molar-refractivity contribution in [1.29, 1.82) is 0 Å². The molecule has 0 unspecified atom stereocenters. The molecule has 0 fully saturated rings. The summed E-state index contributed by atoms with van der Waals surface area (Å²) >= 11 is 1.26. The zero-order valence-corrected chi connectivity index (χ0v) is 18.5. The SMILES string of the molecule is O=c1/c(=C/c2cn(-c3ccccc3)nc2-c2ccccc2)sc2nc(-c3ccc(F)cc3)nn12. The second kappa shape index (κ2) is 8.17. The number of para-hydroxylation sites is 1. The molecular weight excluding hydrogens is 449 g/mol. The van der Waals surface area contributed by atoms with E-state index >= 15 is 0 Å². The van der Waals surface area contributed by atoms with E-state index in [2.05, 4.69) is 10.1 Å². The van der Waals surface area contributed by atoms with Gasteiger partial charge >= 0.3 is 0 Å². The highest BCUT2D eigenvalue weighted by Gasteiger charge is 2.15. The molecule has 6 rings (SSSR count). The van der Waals surface area contributed by atoms with Gasteiger partial charge in [0, 0.05) is 22.9 Å². The monoisotopic (exact) mass is 465 g/mol. The van der Waals surface area contributed by atoms with Crippen molar-refractivity contribution in [3.63, 3.8) is 0 Å². The third-order valence-corrected chi connectivity index (χ3v) is 6.34. The van der Waals surface area contributed by atoms with E-state index in [0.717, 1.165) is 22.5 Å². The van der Waals surface area contributed by atoms with Crippen LogP contribution >= 0.6 is 11.3 Å². The Morgan fingerprint density at radius 2 is 1.53 bits per heavy atom. The van der Waals surface area contributed by atoms with Crippen LogP contribution in [0.4, 0.5) is 4.39 Å². The van der Waals surface area contributed by atoms with Crippen molar-refractivity contribution in [2.75, 3.05) is 0 Å². The molecular formula is C26H16FN5OS. The first-order valence-electron chi connectivity index (χ1n) is 10.5. The van der Waals surface area contributed by atoms with Crippen molar-refractivity contribution in [2.45, 2.75) is 0 Å². The van der Waals surface area contributed by atoms with Crippen molar-refractivity contribution in [3.05, 3.63) is 117 Å². The first-order chi connectivity index (χ1) is 16.7. The van der Waals surface area contributed by atoms with Crippen LogP contribution in [-0.4, -0.2) is 24.4 Å². The lowest BCUT2D eigenvalue weighted by atomic mass is 10.1. The van der Waals surface area contributed by atoms with Crippen molar-refractivity contribution < 1.29 is 4.39 Å². The third kappa shape index (κ3) is 3.60. The minimum atomic E-state index is -0.337. The van der Waals surface area contributed by atoms with Gasteiger partial charge in [-0.05, 0) is 42.5 Å². The van der Waals surface area contributed by atoms with E-state index in [9.17, 15) is 9.18 Å². The molecule has 0 aliphatic heterocycles. The van der Waals surface area contributed by atoms with Crippen molar-refractivity contribution in [2.24, 2.45) is 0 Å². The minimum absolute atomic E-state index is 0.257. The van der Waals surface area contributed by atoms with Gasteiger partial charge in [-0.2, -0.15) is 14.6 Å². The van der Waals surface area contributed by atoms with Crippen LogP contribution in [0.1, 0.15) is 5.56 Å². The predicted octanol–water partition coefficient (Wildman–Crippen LogP) is 4.36. The normalized spacial score (nSPS) is 12.0. The topological polar surface area (TPSA) is 65.1 Å². The lowest BCUT2D eigenvalue weighted by Crippen LogP contribution is -2.23. The summed E-state index contributed by atoms with van der Waals surface area (Å²) < 4.78 is 16.8. The Morgan fingerprint density at radius 1 is 0.824 bits per heavy atom. The van der Waals surface area contributed by atoms with Crippen molar-refractivity contribution in [3.8, 4) is 28.3 Å². The van der Waals surface area contributed by atoms with Gasteiger partial charge in [-0.25, -0.2) is 9.07 Å². The number of benzene rings is 3. The van der Waals surface area contributed by atoms with Crippen LogP contribution in [0, 0.1) is 5.82 Å². The molecule has 0 amide bonds. The highest BCUT2D eigenvalue weighted by molar-refractivity contribution is 7.15. The standard InChI is InChI=1S/C26H16FN5OS/c27-20-13-11-18(12-14-20)24-28-26-32(30-24)25(33)22(34-26)15-19-16-31(21-9-5-2-6-10-21)29-23(19)17-7-3-1-4-8-17/h1-16H/b22-15-. The molecule has 6 nitrogen and oxygen atoms in total. The van der Waals surface area contributed by atoms with E-state index in [1.807, 2.05) is 77.6 Å². The molecule has 0 aliphatic carbocycles. The molecule has 6 aromatic rings. The highest BCUT2D eigenvalue weighted by atomic mass is 32.1. The molecule has 3 aromatic carbocycles. The maximum atomic E-state index is 13.2. The number of hydrogen-bond donors (Lipinski definition) is 0. The lowest BCUT2D eigenvalue weighted by Gasteiger charge is -2.00. The molecule has 0 spiro atoms. The van der Waals surface area contributed by atoms with E-state index in [1.54, 1.807) is 12.1 Å². The maximum Gasteiger partial charge on any atom is 0.291 e. The van der Waals surface area contributed by atoms with Gasteiger partial charge in [-0.3, -0.25) is 4.79 Å². The molecule has 3 heterocycles. The van der Waals surface area contributed by atoms with Gasteiger partial charge in [0.1, 0.15) is 5.82 Å². The molecule has 0 N–H and O–H groups in total. The van der Waals surface area contributed by atoms with Gasteiger partial charge in [0.25, 0.3) is 5.56 Å². The number of nitrogens with zero attached hydrogens (tertiary/aromatic N) is 5.